The van der Waals surface area contributed by atoms with Gasteiger partial charge in [-0.25, -0.2) is 22.2 Å². The maximum atomic E-state index is 13.8. The van der Waals surface area contributed by atoms with Crippen LogP contribution in [-0.2, 0) is 10.0 Å². The highest BCUT2D eigenvalue weighted by molar-refractivity contribution is 7.92. The fourth-order valence-corrected chi connectivity index (χ4v) is 5.95. The lowest BCUT2D eigenvalue weighted by Crippen LogP contribution is -2.41. The summed E-state index contributed by atoms with van der Waals surface area (Å²) < 4.78 is 65.9. The number of carbonyl (C=O) groups is 2. The van der Waals surface area contributed by atoms with Crippen LogP contribution in [0.3, 0.4) is 0 Å². The molecule has 5 aromatic rings. The van der Waals surface area contributed by atoms with E-state index in [1.165, 1.54) is 54.4 Å². The van der Waals surface area contributed by atoms with Crippen LogP contribution in [0.5, 0.6) is 5.75 Å². The molecule has 1 aliphatic rings. The van der Waals surface area contributed by atoms with Crippen molar-refractivity contribution in [2.45, 2.75) is 26.3 Å². The molecular weight excluding hydrogens is 616 g/mol. The zero-order valence-corrected chi connectivity index (χ0v) is 26.2. The number of halogens is 2. The zero-order valence-electron chi connectivity index (χ0n) is 25.4. The summed E-state index contributed by atoms with van der Waals surface area (Å²) in [5.74, 6) is -1.04. The molecule has 0 spiro atoms. The number of hydrogen-bond acceptors (Lipinski definition) is 7. The highest BCUT2D eigenvalue weighted by atomic mass is 32.2. The third-order valence-electron chi connectivity index (χ3n) is 8.13. The van der Waals surface area contributed by atoms with Crippen molar-refractivity contribution >= 4 is 38.4 Å². The Labute approximate surface area is 264 Å². The Hall–Kier alpha value is -5.10. The van der Waals surface area contributed by atoms with Crippen molar-refractivity contribution in [3.05, 3.63) is 101 Å². The van der Waals surface area contributed by atoms with E-state index in [4.69, 9.17) is 9.15 Å². The van der Waals surface area contributed by atoms with E-state index >= 15 is 0 Å². The van der Waals surface area contributed by atoms with Gasteiger partial charge in [-0.15, -0.1) is 0 Å². The highest BCUT2D eigenvalue weighted by Crippen LogP contribution is 2.42. The average molecular weight is 646 g/mol. The molecule has 0 bridgehead atoms. The molecule has 0 unspecified atom stereocenters. The summed E-state index contributed by atoms with van der Waals surface area (Å²) in [6, 6.07) is 17.2. The Balaban J connectivity index is 1.52. The van der Waals surface area contributed by atoms with Crippen LogP contribution in [0.15, 0.2) is 77.2 Å². The van der Waals surface area contributed by atoms with Gasteiger partial charge in [0.15, 0.2) is 24.0 Å². The number of nitrogens with zero attached hydrogens (tertiary/aromatic N) is 3. The van der Waals surface area contributed by atoms with E-state index in [0.717, 1.165) is 10.6 Å². The maximum Gasteiger partial charge on any atom is 0.279 e. The summed E-state index contributed by atoms with van der Waals surface area (Å²) in [4.78, 5) is 33.2. The molecule has 46 heavy (non-hydrogen) atoms. The number of fused-ring (bicyclic) bond motifs is 2. The highest BCUT2D eigenvalue weighted by Gasteiger charge is 2.33. The number of anilines is 1. The second kappa shape index (κ2) is 11.7. The Bertz CT molecular complexity index is 2110. The first kappa shape index (κ1) is 30.9. The summed E-state index contributed by atoms with van der Waals surface area (Å²) >= 11 is 0. The van der Waals surface area contributed by atoms with Crippen molar-refractivity contribution in [1.29, 1.82) is 0 Å². The number of furan rings is 1. The van der Waals surface area contributed by atoms with Gasteiger partial charge in [0.2, 0.25) is 10.0 Å². The van der Waals surface area contributed by atoms with Crippen LogP contribution in [-0.4, -0.2) is 50.0 Å². The lowest BCUT2D eigenvalue weighted by Gasteiger charge is -2.33. The smallest absolute Gasteiger partial charge is 0.279 e. The van der Waals surface area contributed by atoms with Gasteiger partial charge in [-0.3, -0.25) is 18.8 Å². The molecule has 0 fully saturated rings. The summed E-state index contributed by atoms with van der Waals surface area (Å²) in [6.07, 6.45) is 1.19. The second-order valence-electron chi connectivity index (χ2n) is 11.0. The van der Waals surface area contributed by atoms with E-state index in [1.54, 1.807) is 44.2 Å². The standard InChI is InChI=1S/C34H29F2N3O6S/c1-5-28(40)31-25-16-24(27(38(3)46(4,42)43)17-30(25)45-33(31)21-8-12-23(36)13-9-21)26-14-15-29-32(37-26)34(41)39(18-44-29)19(2)20-6-10-22(35)11-7-20/h6-17,19H,5,18H2,1-4H3/t19-/m1/s1. The van der Waals surface area contributed by atoms with Crippen LogP contribution in [0.25, 0.3) is 33.6 Å². The van der Waals surface area contributed by atoms with Gasteiger partial charge in [0.05, 0.1) is 29.2 Å². The van der Waals surface area contributed by atoms with Crippen LogP contribution < -0.4 is 9.04 Å². The van der Waals surface area contributed by atoms with Crippen molar-refractivity contribution in [3.63, 3.8) is 0 Å². The molecule has 3 heterocycles. The summed E-state index contributed by atoms with van der Waals surface area (Å²) in [6.45, 7) is 3.45. The number of ketones is 1. The minimum Gasteiger partial charge on any atom is -0.471 e. The number of aromatic nitrogens is 1. The summed E-state index contributed by atoms with van der Waals surface area (Å²) in [5, 5.41) is 0.403. The predicted molar refractivity (Wildman–Crippen MR) is 169 cm³/mol. The van der Waals surface area contributed by atoms with Crippen molar-refractivity contribution in [3.8, 4) is 28.3 Å². The summed E-state index contributed by atoms with van der Waals surface area (Å²) in [5.41, 5.74) is 2.44. The van der Waals surface area contributed by atoms with Crippen molar-refractivity contribution in [1.82, 2.24) is 9.88 Å². The fourth-order valence-electron chi connectivity index (χ4n) is 5.44. The monoisotopic (exact) mass is 645 g/mol. The van der Waals surface area contributed by atoms with Gasteiger partial charge in [-0.05, 0) is 67.1 Å². The Morgan fingerprint density at radius 2 is 1.67 bits per heavy atom. The molecule has 0 radical (unpaired) electrons. The van der Waals surface area contributed by atoms with Gasteiger partial charge in [0.25, 0.3) is 5.91 Å². The number of ether oxygens (including phenoxy) is 1. The fraction of sp³-hybridized carbons (Fsp3) is 0.206. The quantitative estimate of drug-likeness (QED) is 0.168. The topological polar surface area (TPSA) is 110 Å². The molecule has 6 rings (SSSR count). The molecule has 236 valence electrons. The van der Waals surface area contributed by atoms with Gasteiger partial charge in [0, 0.05) is 36.0 Å². The summed E-state index contributed by atoms with van der Waals surface area (Å²) in [7, 11) is -2.41. The zero-order chi connectivity index (χ0) is 32.9. The van der Waals surface area contributed by atoms with Crippen molar-refractivity contribution in [2.75, 3.05) is 24.3 Å². The van der Waals surface area contributed by atoms with E-state index in [0.29, 0.717) is 22.1 Å². The Kier molecular flexibility index (Phi) is 7.85. The molecule has 1 amide bonds. The van der Waals surface area contributed by atoms with E-state index < -0.39 is 33.6 Å². The van der Waals surface area contributed by atoms with E-state index in [2.05, 4.69) is 4.98 Å². The minimum atomic E-state index is -3.79. The van der Waals surface area contributed by atoms with E-state index in [-0.39, 0.29) is 58.7 Å². The molecule has 3 aromatic carbocycles. The van der Waals surface area contributed by atoms with Crippen LogP contribution in [0, 0.1) is 11.6 Å². The number of rotatable bonds is 8. The Morgan fingerprint density at radius 1 is 1.02 bits per heavy atom. The number of amides is 1. The molecular formula is C34H29F2N3O6S. The number of benzene rings is 3. The van der Waals surface area contributed by atoms with Crippen LogP contribution in [0.4, 0.5) is 14.5 Å². The first-order valence-corrected chi connectivity index (χ1v) is 16.3. The average Bonchev–Trinajstić information content (AvgIpc) is 3.42. The molecule has 1 atom stereocenters. The molecule has 0 N–H and O–H groups in total. The number of sulfonamides is 1. The van der Waals surface area contributed by atoms with Crippen molar-refractivity contribution < 1.29 is 35.9 Å². The molecule has 1 aliphatic heterocycles. The molecule has 2 aromatic heterocycles. The molecule has 0 aliphatic carbocycles. The first-order chi connectivity index (χ1) is 21.9. The SMILES string of the molecule is CCC(=O)c1c(-c2ccc(F)cc2)oc2cc(N(C)S(C)(=O)=O)c(-c3ccc4c(n3)C(=O)N([C@H](C)c3ccc(F)cc3)CO4)cc12. The van der Waals surface area contributed by atoms with E-state index in [9.17, 15) is 26.8 Å². The minimum absolute atomic E-state index is 0.00909. The van der Waals surface area contributed by atoms with Gasteiger partial charge in [0.1, 0.15) is 23.0 Å². The molecule has 9 nitrogen and oxygen atoms in total. The largest absolute Gasteiger partial charge is 0.471 e. The van der Waals surface area contributed by atoms with Crippen LogP contribution in [0.2, 0.25) is 0 Å². The molecule has 0 saturated carbocycles. The van der Waals surface area contributed by atoms with Gasteiger partial charge < -0.3 is 9.15 Å². The van der Waals surface area contributed by atoms with Crippen molar-refractivity contribution in [2.24, 2.45) is 0 Å². The number of Topliss-reactive ketones (excluding diaryl/α,β-unsaturated/α-hetero) is 1. The third-order valence-corrected chi connectivity index (χ3v) is 9.32. The number of pyridine rings is 1. The Morgan fingerprint density at radius 3 is 2.30 bits per heavy atom. The van der Waals surface area contributed by atoms with Gasteiger partial charge in [-0.1, -0.05) is 19.1 Å². The van der Waals surface area contributed by atoms with Crippen LogP contribution in [0.1, 0.15) is 52.7 Å². The number of carbonyl (C=O) groups excluding carboxylic acids is 2. The van der Waals surface area contributed by atoms with E-state index in [1.807, 2.05) is 0 Å². The third kappa shape index (κ3) is 5.49. The maximum absolute atomic E-state index is 13.8. The molecule has 12 heteroatoms. The van der Waals surface area contributed by atoms with Crippen LogP contribution >= 0.6 is 0 Å². The lowest BCUT2D eigenvalue weighted by molar-refractivity contribution is 0.0394. The predicted octanol–water partition coefficient (Wildman–Crippen LogP) is 6.98. The first-order valence-electron chi connectivity index (χ1n) is 14.4. The lowest BCUT2D eigenvalue weighted by atomic mass is 9.97. The normalized spacial score (nSPS) is 13.8. The number of hydrogen-bond donors (Lipinski definition) is 0. The molecule has 0 saturated heterocycles. The second-order valence-corrected chi connectivity index (χ2v) is 13.0. The van der Waals surface area contributed by atoms with Gasteiger partial charge in [-0.2, -0.15) is 0 Å². The van der Waals surface area contributed by atoms with Gasteiger partial charge >= 0.3 is 0 Å².